The fourth-order valence-electron chi connectivity index (χ4n) is 4.24. The number of hydrogen-bond donors (Lipinski definition) is 3. The van der Waals surface area contributed by atoms with Gasteiger partial charge >= 0.3 is 0 Å². The number of hydrogen-bond acceptors (Lipinski definition) is 7. The summed E-state index contributed by atoms with van der Waals surface area (Å²) in [6, 6.07) is 19.1. The van der Waals surface area contributed by atoms with E-state index in [1.807, 2.05) is 54.6 Å². The molecule has 5 rings (SSSR count). The first kappa shape index (κ1) is 21.8. The highest BCUT2D eigenvalue weighted by atomic mass is 16.5. The Balaban J connectivity index is 1.74. The number of methoxy groups -OCH3 is 1. The first-order valence-corrected chi connectivity index (χ1v) is 10.7. The molecule has 5 N–H and O–H groups in total. The van der Waals surface area contributed by atoms with Crippen molar-refractivity contribution in [1.82, 2.24) is 20.0 Å². The molecule has 10 heteroatoms. The molecule has 4 aromatic rings. The number of nitrogens with zero attached hydrogens (tertiary/aromatic N) is 4. The van der Waals surface area contributed by atoms with Gasteiger partial charge in [-0.1, -0.05) is 30.3 Å². The van der Waals surface area contributed by atoms with Gasteiger partial charge in [-0.3, -0.25) is 14.6 Å². The third kappa shape index (κ3) is 3.85. The topological polar surface area (TPSA) is 158 Å². The van der Waals surface area contributed by atoms with Gasteiger partial charge in [0, 0.05) is 22.9 Å². The van der Waals surface area contributed by atoms with Crippen molar-refractivity contribution in [1.29, 1.82) is 5.26 Å². The molecule has 2 aromatic heterocycles. The molecule has 0 spiro atoms. The van der Waals surface area contributed by atoms with E-state index in [4.69, 9.17) is 20.9 Å². The summed E-state index contributed by atoms with van der Waals surface area (Å²) in [5.41, 5.74) is 16.0. The molecule has 1 aliphatic rings. The Hall–Kier alpha value is -5.04. The second-order valence-corrected chi connectivity index (χ2v) is 7.93. The number of benzene rings is 2. The highest BCUT2D eigenvalue weighted by Gasteiger charge is 2.38. The van der Waals surface area contributed by atoms with Crippen molar-refractivity contribution in [3.8, 4) is 40.2 Å². The minimum Gasteiger partial charge on any atom is -0.497 e. The summed E-state index contributed by atoms with van der Waals surface area (Å²) in [4.78, 5) is 11.7. The fourth-order valence-corrected chi connectivity index (χ4v) is 4.24. The van der Waals surface area contributed by atoms with Gasteiger partial charge in [0.1, 0.15) is 23.9 Å². The monoisotopic (exact) mass is 467 g/mol. The number of allylic oxidation sites excluding steroid dienone is 1. The molecule has 0 fully saturated rings. The maximum atomic E-state index is 11.7. The summed E-state index contributed by atoms with van der Waals surface area (Å²) in [5.74, 6) is -0.269. The predicted octanol–water partition coefficient (Wildman–Crippen LogP) is 2.65. The Morgan fingerprint density at radius 2 is 1.94 bits per heavy atom. The third-order valence-electron chi connectivity index (χ3n) is 5.78. The van der Waals surface area contributed by atoms with Crippen LogP contribution in [0.4, 0.5) is 0 Å². The molecule has 1 amide bonds. The quantitative estimate of drug-likeness (QED) is 0.393. The summed E-state index contributed by atoms with van der Waals surface area (Å²) in [7, 11) is 1.60. The molecule has 35 heavy (non-hydrogen) atoms. The van der Waals surface area contributed by atoms with Crippen LogP contribution in [-0.4, -0.2) is 33.0 Å². The fraction of sp³-hybridized carbons (Fsp3) is 0.120. The van der Waals surface area contributed by atoms with Crippen molar-refractivity contribution in [2.75, 3.05) is 7.11 Å². The van der Waals surface area contributed by atoms with Gasteiger partial charge in [0.15, 0.2) is 0 Å². The Bertz CT molecular complexity index is 1480. The number of aromatic nitrogens is 4. The molecular formula is C25H21N7O3. The van der Waals surface area contributed by atoms with E-state index in [2.05, 4.69) is 21.4 Å². The average Bonchev–Trinajstić information content (AvgIpc) is 3.47. The van der Waals surface area contributed by atoms with Crippen LogP contribution in [-0.2, 0) is 11.3 Å². The summed E-state index contributed by atoms with van der Waals surface area (Å²) in [6.07, 6.45) is 1.71. The van der Waals surface area contributed by atoms with Gasteiger partial charge in [-0.25, -0.2) is 0 Å². The van der Waals surface area contributed by atoms with E-state index in [0.717, 1.165) is 11.1 Å². The van der Waals surface area contributed by atoms with E-state index in [1.165, 1.54) is 4.68 Å². The molecule has 0 saturated carbocycles. The van der Waals surface area contributed by atoms with Gasteiger partial charge in [0.05, 0.1) is 30.0 Å². The molecule has 1 atom stereocenters. The summed E-state index contributed by atoms with van der Waals surface area (Å²) < 4.78 is 12.5. The number of aromatic amines is 1. The number of nitrogens with one attached hydrogen (secondary N) is 1. The van der Waals surface area contributed by atoms with Crippen LogP contribution in [0, 0.1) is 11.3 Å². The average molecular weight is 467 g/mol. The van der Waals surface area contributed by atoms with E-state index in [9.17, 15) is 10.1 Å². The lowest BCUT2D eigenvalue weighted by atomic mass is 9.82. The number of ether oxygens (including phenoxy) is 2. The van der Waals surface area contributed by atoms with Crippen molar-refractivity contribution in [3.05, 3.63) is 83.4 Å². The molecule has 0 aliphatic carbocycles. The zero-order valence-electron chi connectivity index (χ0n) is 18.7. The molecule has 0 unspecified atom stereocenters. The molecule has 174 valence electrons. The van der Waals surface area contributed by atoms with E-state index in [1.54, 1.807) is 13.3 Å². The Morgan fingerprint density at radius 1 is 1.20 bits per heavy atom. The molecular weight excluding hydrogens is 446 g/mol. The molecule has 0 bridgehead atoms. The number of carbonyl (C=O) groups is 1. The van der Waals surface area contributed by atoms with Crippen LogP contribution in [0.3, 0.4) is 0 Å². The lowest BCUT2D eigenvalue weighted by molar-refractivity contribution is -0.118. The van der Waals surface area contributed by atoms with Crippen LogP contribution in [0.25, 0.3) is 22.5 Å². The molecule has 0 saturated heterocycles. The summed E-state index contributed by atoms with van der Waals surface area (Å²) >= 11 is 0. The van der Waals surface area contributed by atoms with Crippen molar-refractivity contribution in [3.63, 3.8) is 0 Å². The lowest BCUT2D eigenvalue weighted by Crippen LogP contribution is -2.21. The molecule has 3 heterocycles. The normalized spacial score (nSPS) is 14.7. The Morgan fingerprint density at radius 3 is 2.60 bits per heavy atom. The first-order chi connectivity index (χ1) is 17.0. The first-order valence-electron chi connectivity index (χ1n) is 10.7. The highest BCUT2D eigenvalue weighted by molar-refractivity contribution is 5.76. The van der Waals surface area contributed by atoms with Crippen LogP contribution >= 0.6 is 0 Å². The van der Waals surface area contributed by atoms with Crippen molar-refractivity contribution < 1.29 is 14.3 Å². The summed E-state index contributed by atoms with van der Waals surface area (Å²) in [5, 5.41) is 22.1. The number of fused-ring (bicyclic) bond motifs is 1. The van der Waals surface area contributed by atoms with Crippen LogP contribution < -0.4 is 20.9 Å². The second-order valence-electron chi connectivity index (χ2n) is 7.93. The van der Waals surface area contributed by atoms with Gasteiger partial charge in [0.2, 0.25) is 17.7 Å². The maximum Gasteiger partial charge on any atom is 0.244 e. The van der Waals surface area contributed by atoms with Gasteiger partial charge < -0.3 is 20.9 Å². The van der Waals surface area contributed by atoms with Crippen LogP contribution in [0.15, 0.2) is 72.3 Å². The SMILES string of the molecule is COc1ccc(-c2[nH]nc3c2[C@H](c2cn(CC(N)=O)nc2-c2ccccc2)C(C#N)=C(N)O3)cc1. The number of primary amides is 1. The van der Waals surface area contributed by atoms with E-state index >= 15 is 0 Å². The minimum absolute atomic E-state index is 0.0422. The number of nitriles is 1. The second kappa shape index (κ2) is 8.72. The van der Waals surface area contributed by atoms with Crippen molar-refractivity contribution >= 4 is 5.91 Å². The molecule has 1 aliphatic heterocycles. The van der Waals surface area contributed by atoms with Gasteiger partial charge in [-0.05, 0) is 24.3 Å². The lowest BCUT2D eigenvalue weighted by Gasteiger charge is -2.24. The highest BCUT2D eigenvalue weighted by Crippen LogP contribution is 2.47. The zero-order valence-corrected chi connectivity index (χ0v) is 18.7. The molecule has 2 aromatic carbocycles. The number of H-pyrrole nitrogens is 1. The third-order valence-corrected chi connectivity index (χ3v) is 5.78. The van der Waals surface area contributed by atoms with Crippen LogP contribution in [0.5, 0.6) is 11.6 Å². The molecule has 0 radical (unpaired) electrons. The van der Waals surface area contributed by atoms with Crippen molar-refractivity contribution in [2.24, 2.45) is 11.5 Å². The van der Waals surface area contributed by atoms with E-state index in [0.29, 0.717) is 28.3 Å². The van der Waals surface area contributed by atoms with Gasteiger partial charge in [-0.2, -0.15) is 10.4 Å². The Kier molecular flexibility index (Phi) is 5.43. The number of rotatable bonds is 6. The maximum absolute atomic E-state index is 11.7. The zero-order chi connectivity index (χ0) is 24.5. The standard InChI is InChI=1S/C25H21N7O3/c1-34-16-9-7-15(8-10-16)23-21-20(17(11-26)24(28)35-25(21)30-29-23)18-12-32(13-19(27)33)31-22(18)14-5-3-2-4-6-14/h2-10,12,20H,13,28H2,1H3,(H2,27,33)(H,29,30)/t20-/m0/s1. The number of amides is 1. The summed E-state index contributed by atoms with van der Waals surface area (Å²) in [6.45, 7) is -0.117. The minimum atomic E-state index is -0.656. The number of carbonyl (C=O) groups excluding carboxylic acids is 1. The molecule has 10 nitrogen and oxygen atoms in total. The van der Waals surface area contributed by atoms with Gasteiger partial charge in [-0.15, -0.1) is 5.10 Å². The van der Waals surface area contributed by atoms with Crippen molar-refractivity contribution in [2.45, 2.75) is 12.5 Å². The van der Waals surface area contributed by atoms with Crippen LogP contribution in [0.1, 0.15) is 17.0 Å². The van der Waals surface area contributed by atoms with E-state index < -0.39 is 11.8 Å². The smallest absolute Gasteiger partial charge is 0.244 e. The number of nitrogens with two attached hydrogens (primary N) is 2. The predicted molar refractivity (Wildman–Crippen MR) is 127 cm³/mol. The Labute approximate surface area is 200 Å². The largest absolute Gasteiger partial charge is 0.497 e. The van der Waals surface area contributed by atoms with Crippen LogP contribution in [0.2, 0.25) is 0 Å². The van der Waals surface area contributed by atoms with E-state index in [-0.39, 0.29) is 23.9 Å². The van der Waals surface area contributed by atoms with Gasteiger partial charge in [0.25, 0.3) is 0 Å².